The number of rotatable bonds is 5. The van der Waals surface area contributed by atoms with Crippen LogP contribution in [0.15, 0.2) is 11.8 Å². The second kappa shape index (κ2) is 6.38. The number of hydrogen-bond donors (Lipinski definition) is 3. The number of nitrogens with one attached hydrogen (secondary N) is 1. The molecule has 0 saturated carbocycles. The molecule has 2 unspecified atom stereocenters. The van der Waals surface area contributed by atoms with Gasteiger partial charge in [0, 0.05) is 0 Å². The van der Waals surface area contributed by atoms with E-state index in [1.165, 1.54) is 0 Å². The van der Waals surface area contributed by atoms with E-state index in [0.29, 0.717) is 0 Å². The van der Waals surface area contributed by atoms with Crippen LogP contribution in [0.2, 0.25) is 18.1 Å². The number of aliphatic hydroxyl groups excluding tert-OH is 1. The third kappa shape index (κ3) is 5.22. The van der Waals surface area contributed by atoms with Crippen LogP contribution >= 0.6 is 0 Å². The van der Waals surface area contributed by atoms with Gasteiger partial charge in [0.25, 0.3) is 0 Å². The van der Waals surface area contributed by atoms with Gasteiger partial charge in [-0.15, -0.1) is 0 Å². The third-order valence-electron chi connectivity index (χ3n) is 3.89. The van der Waals surface area contributed by atoms with Crippen LogP contribution in [0.4, 0.5) is 4.79 Å². The Labute approximate surface area is 111 Å². The molecule has 106 valence electrons. The molecule has 0 aromatic carbocycles. The van der Waals surface area contributed by atoms with Gasteiger partial charge in [-0.05, 0) is 11.0 Å². The van der Waals surface area contributed by atoms with Crippen molar-refractivity contribution in [2.45, 2.75) is 51.9 Å². The molecule has 0 spiro atoms. The Morgan fingerprint density at radius 1 is 1.39 bits per heavy atom. The highest BCUT2D eigenvalue weighted by molar-refractivity contribution is 6.84. The minimum absolute atomic E-state index is 0.0137. The number of aliphatic hydroxyl groups is 1. The summed E-state index contributed by atoms with van der Waals surface area (Å²) in [6, 6.07) is -0.441. The van der Waals surface area contributed by atoms with Crippen LogP contribution in [-0.4, -0.2) is 37.0 Å². The van der Waals surface area contributed by atoms with Crippen LogP contribution in [0.5, 0.6) is 0 Å². The van der Waals surface area contributed by atoms with Crippen LogP contribution in [0.3, 0.4) is 0 Å². The lowest BCUT2D eigenvalue weighted by Gasteiger charge is -2.34. The van der Waals surface area contributed by atoms with Gasteiger partial charge in [-0.25, -0.2) is 4.79 Å². The quantitative estimate of drug-likeness (QED) is 0.675. The Balaban J connectivity index is 4.72. The molecular weight excluding hydrogens is 246 g/mol. The predicted molar refractivity (Wildman–Crippen MR) is 77.5 cm³/mol. The Morgan fingerprint density at radius 3 is 2.22 bits per heavy atom. The highest BCUT2D eigenvalue weighted by atomic mass is 28.3. The van der Waals surface area contributed by atoms with Crippen molar-refractivity contribution >= 4 is 14.2 Å². The Hall–Kier alpha value is -0.813. The summed E-state index contributed by atoms with van der Waals surface area (Å²) in [5, 5.41) is 20.5. The maximum absolute atomic E-state index is 10.6. The van der Waals surface area contributed by atoms with Gasteiger partial charge in [-0.3, -0.25) is 0 Å². The molecule has 0 aliphatic carbocycles. The average Bonchev–Trinajstić information content (AvgIpc) is 2.20. The normalized spacial score (nSPS) is 16.6. The summed E-state index contributed by atoms with van der Waals surface area (Å²) in [5.74, 6) is -0.0137. The zero-order valence-electron chi connectivity index (χ0n) is 12.3. The lowest BCUT2D eigenvalue weighted by molar-refractivity contribution is 0.169. The smallest absolute Gasteiger partial charge is 0.404 e. The lowest BCUT2D eigenvalue weighted by atomic mass is 10.0. The molecular formula is C13H27NO3Si. The standard InChI is InChI=1S/C13H27NO3Si/c1-10(11(9-15)14-12(16)17)7-8-18(5,6)13(2,3)4/h7-8,10-11,14-15H,9H2,1-6H3,(H,16,17). The number of carbonyl (C=O) groups is 1. The van der Waals surface area contributed by atoms with Crippen molar-refractivity contribution in [2.24, 2.45) is 5.92 Å². The van der Waals surface area contributed by atoms with E-state index in [2.05, 4.69) is 44.9 Å². The van der Waals surface area contributed by atoms with E-state index in [0.717, 1.165) is 0 Å². The zero-order chi connectivity index (χ0) is 14.6. The van der Waals surface area contributed by atoms with Gasteiger partial charge in [0.2, 0.25) is 0 Å². The molecule has 4 nitrogen and oxygen atoms in total. The first-order chi connectivity index (χ1) is 8.01. The van der Waals surface area contributed by atoms with Crippen LogP contribution in [-0.2, 0) is 0 Å². The minimum Gasteiger partial charge on any atom is -0.465 e. The molecule has 0 aromatic rings. The predicted octanol–water partition coefficient (Wildman–Crippen LogP) is 2.85. The summed E-state index contributed by atoms with van der Waals surface area (Å²) in [5.41, 5.74) is 2.24. The third-order valence-corrected chi connectivity index (χ3v) is 8.78. The molecule has 0 aliphatic rings. The SMILES string of the molecule is CC(C=C[Si](C)(C)C(C)(C)C)C(CO)NC(=O)O. The van der Waals surface area contributed by atoms with Crippen LogP contribution in [0.25, 0.3) is 0 Å². The topological polar surface area (TPSA) is 69.6 Å². The van der Waals surface area contributed by atoms with Gasteiger partial charge in [-0.2, -0.15) is 0 Å². The van der Waals surface area contributed by atoms with Crippen molar-refractivity contribution < 1.29 is 15.0 Å². The van der Waals surface area contributed by atoms with Gasteiger partial charge >= 0.3 is 6.09 Å². The second-order valence-electron chi connectivity index (χ2n) is 6.43. The first kappa shape index (κ1) is 17.2. The van der Waals surface area contributed by atoms with Gasteiger partial charge in [0.05, 0.1) is 20.7 Å². The first-order valence-electron chi connectivity index (χ1n) is 6.31. The fourth-order valence-corrected chi connectivity index (χ4v) is 2.56. The van der Waals surface area contributed by atoms with Crippen molar-refractivity contribution in [1.29, 1.82) is 0 Å². The van der Waals surface area contributed by atoms with Gasteiger partial charge in [0.1, 0.15) is 0 Å². The monoisotopic (exact) mass is 273 g/mol. The largest absolute Gasteiger partial charge is 0.465 e. The molecule has 18 heavy (non-hydrogen) atoms. The minimum atomic E-state index is -1.50. The molecule has 0 rings (SSSR count). The molecule has 0 bridgehead atoms. The van der Waals surface area contributed by atoms with E-state index in [1.54, 1.807) is 0 Å². The molecule has 1 amide bonds. The number of carboxylic acid groups (broad SMARTS) is 1. The zero-order valence-corrected chi connectivity index (χ0v) is 13.3. The molecule has 5 heteroatoms. The summed E-state index contributed by atoms with van der Waals surface area (Å²) < 4.78 is 0. The van der Waals surface area contributed by atoms with Crippen LogP contribution in [0, 0.1) is 5.92 Å². The summed E-state index contributed by atoms with van der Waals surface area (Å²) in [6.45, 7) is 13.0. The van der Waals surface area contributed by atoms with Crippen molar-refractivity contribution in [3.8, 4) is 0 Å². The van der Waals surface area contributed by atoms with Crippen LogP contribution < -0.4 is 5.32 Å². The summed E-state index contributed by atoms with van der Waals surface area (Å²) >= 11 is 0. The van der Waals surface area contributed by atoms with E-state index in [4.69, 9.17) is 5.11 Å². The maximum atomic E-state index is 10.6. The van der Waals surface area contributed by atoms with Crippen molar-refractivity contribution in [3.63, 3.8) is 0 Å². The van der Waals surface area contributed by atoms with E-state index in [1.807, 2.05) is 13.0 Å². The van der Waals surface area contributed by atoms with Gasteiger partial charge in [0.15, 0.2) is 0 Å². The molecule has 0 radical (unpaired) electrons. The van der Waals surface area contributed by atoms with E-state index in [-0.39, 0.29) is 17.6 Å². The Morgan fingerprint density at radius 2 is 1.89 bits per heavy atom. The maximum Gasteiger partial charge on any atom is 0.404 e. The number of amides is 1. The number of hydrogen-bond acceptors (Lipinski definition) is 2. The first-order valence-corrected chi connectivity index (χ1v) is 9.38. The molecule has 0 fully saturated rings. The fraction of sp³-hybridized carbons (Fsp3) is 0.769. The highest BCUT2D eigenvalue weighted by Gasteiger charge is 2.32. The molecule has 0 heterocycles. The summed E-state index contributed by atoms with van der Waals surface area (Å²) in [7, 11) is -1.50. The molecule has 2 atom stereocenters. The van der Waals surface area contributed by atoms with Crippen molar-refractivity contribution in [1.82, 2.24) is 5.32 Å². The van der Waals surface area contributed by atoms with Crippen LogP contribution in [0.1, 0.15) is 27.7 Å². The fourth-order valence-electron chi connectivity index (χ4n) is 1.28. The van der Waals surface area contributed by atoms with Gasteiger partial charge < -0.3 is 15.5 Å². The Kier molecular flexibility index (Phi) is 6.09. The second-order valence-corrected chi connectivity index (χ2v) is 11.7. The average molecular weight is 273 g/mol. The molecule has 3 N–H and O–H groups in total. The Bertz CT molecular complexity index is 308. The lowest BCUT2D eigenvalue weighted by Crippen LogP contribution is -2.41. The van der Waals surface area contributed by atoms with E-state index >= 15 is 0 Å². The van der Waals surface area contributed by atoms with Crippen molar-refractivity contribution in [2.75, 3.05) is 6.61 Å². The highest BCUT2D eigenvalue weighted by Crippen LogP contribution is 2.36. The molecule has 0 aromatic heterocycles. The summed E-state index contributed by atoms with van der Waals surface area (Å²) in [6.07, 6.45) is 0.940. The van der Waals surface area contributed by atoms with E-state index < -0.39 is 20.2 Å². The van der Waals surface area contributed by atoms with Gasteiger partial charge in [-0.1, -0.05) is 52.6 Å². The molecule has 0 aliphatic heterocycles. The molecule has 0 saturated heterocycles. The van der Waals surface area contributed by atoms with Crippen molar-refractivity contribution in [3.05, 3.63) is 11.8 Å². The van der Waals surface area contributed by atoms with E-state index in [9.17, 15) is 9.90 Å². The summed E-state index contributed by atoms with van der Waals surface area (Å²) in [4.78, 5) is 10.6.